The van der Waals surface area contributed by atoms with Crippen molar-refractivity contribution in [3.63, 3.8) is 0 Å². The number of aliphatic hydroxyl groups excluding tert-OH is 1. The first kappa shape index (κ1) is 23.6. The molecule has 0 aliphatic heterocycles. The SMILES string of the molecule is CCOC(=O)c1ccc(-c2ccc(O)cc2)cc1.OCc1ccc(-c2ccc(O)cc2)cc1. The highest BCUT2D eigenvalue weighted by atomic mass is 16.5. The van der Waals surface area contributed by atoms with E-state index in [-0.39, 0.29) is 24.1 Å². The summed E-state index contributed by atoms with van der Waals surface area (Å²) in [7, 11) is 0. The van der Waals surface area contributed by atoms with Crippen molar-refractivity contribution in [1.29, 1.82) is 0 Å². The maximum atomic E-state index is 11.5. The van der Waals surface area contributed by atoms with Crippen molar-refractivity contribution in [2.24, 2.45) is 0 Å². The standard InChI is InChI=1S/C15H14O3.C13H12O2/c1-2-18-15(17)13-5-3-11(4-6-13)12-7-9-14(16)10-8-12;14-9-10-1-3-11(4-2-10)12-5-7-13(15)8-6-12/h3-10,16H,2H2,1H3;1-8,14-15H,9H2. The van der Waals surface area contributed by atoms with Crippen molar-refractivity contribution >= 4 is 5.97 Å². The van der Waals surface area contributed by atoms with E-state index in [1.165, 1.54) is 0 Å². The quantitative estimate of drug-likeness (QED) is 0.341. The predicted molar refractivity (Wildman–Crippen MR) is 129 cm³/mol. The van der Waals surface area contributed by atoms with Gasteiger partial charge in [-0.2, -0.15) is 0 Å². The third kappa shape index (κ3) is 6.69. The van der Waals surface area contributed by atoms with Gasteiger partial charge in [0.25, 0.3) is 0 Å². The maximum absolute atomic E-state index is 11.5. The Bertz CT molecular complexity index is 1150. The van der Waals surface area contributed by atoms with E-state index in [0.717, 1.165) is 27.8 Å². The minimum atomic E-state index is -0.310. The summed E-state index contributed by atoms with van der Waals surface area (Å²) in [6.07, 6.45) is 0. The van der Waals surface area contributed by atoms with Crippen molar-refractivity contribution in [3.05, 3.63) is 108 Å². The first-order valence-electron chi connectivity index (χ1n) is 10.6. The van der Waals surface area contributed by atoms with Gasteiger partial charge in [0.15, 0.2) is 0 Å². The summed E-state index contributed by atoms with van der Waals surface area (Å²) in [6, 6.07) is 28.9. The van der Waals surface area contributed by atoms with Crippen LogP contribution in [0.3, 0.4) is 0 Å². The molecule has 0 saturated carbocycles. The topological polar surface area (TPSA) is 87.0 Å². The Balaban J connectivity index is 0.000000189. The molecular formula is C28H26O5. The molecule has 33 heavy (non-hydrogen) atoms. The van der Waals surface area contributed by atoms with E-state index >= 15 is 0 Å². The van der Waals surface area contributed by atoms with Crippen LogP contribution in [-0.4, -0.2) is 27.9 Å². The van der Waals surface area contributed by atoms with Gasteiger partial charge in [-0.05, 0) is 71.1 Å². The molecule has 0 amide bonds. The average molecular weight is 443 g/mol. The number of phenolic OH excluding ortho intramolecular Hbond substituents is 2. The summed E-state index contributed by atoms with van der Waals surface area (Å²) >= 11 is 0. The summed E-state index contributed by atoms with van der Waals surface area (Å²) in [5.74, 6) is 0.197. The van der Waals surface area contributed by atoms with Crippen LogP contribution in [-0.2, 0) is 11.3 Å². The molecule has 0 spiro atoms. The number of rotatable bonds is 5. The molecule has 0 atom stereocenters. The number of hydrogen-bond acceptors (Lipinski definition) is 5. The second kappa shape index (κ2) is 11.5. The van der Waals surface area contributed by atoms with Crippen molar-refractivity contribution in [3.8, 4) is 33.8 Å². The molecule has 5 nitrogen and oxygen atoms in total. The van der Waals surface area contributed by atoms with Crippen LogP contribution in [0.2, 0.25) is 0 Å². The van der Waals surface area contributed by atoms with Crippen LogP contribution >= 0.6 is 0 Å². The molecule has 0 aliphatic rings. The van der Waals surface area contributed by atoms with Crippen molar-refractivity contribution in [2.75, 3.05) is 6.61 Å². The molecule has 0 radical (unpaired) electrons. The zero-order valence-corrected chi connectivity index (χ0v) is 18.3. The van der Waals surface area contributed by atoms with Gasteiger partial charge in [0.05, 0.1) is 18.8 Å². The summed E-state index contributed by atoms with van der Waals surface area (Å²) in [6.45, 7) is 2.22. The Kier molecular flexibility index (Phi) is 8.22. The lowest BCUT2D eigenvalue weighted by Gasteiger charge is -2.04. The van der Waals surface area contributed by atoms with Gasteiger partial charge in [0, 0.05) is 0 Å². The van der Waals surface area contributed by atoms with Crippen LogP contribution in [0.15, 0.2) is 97.1 Å². The fraction of sp³-hybridized carbons (Fsp3) is 0.107. The molecule has 0 aliphatic carbocycles. The summed E-state index contributed by atoms with van der Waals surface area (Å²) in [4.78, 5) is 11.5. The minimum absolute atomic E-state index is 0.0653. The van der Waals surface area contributed by atoms with Gasteiger partial charge in [-0.1, -0.05) is 60.7 Å². The van der Waals surface area contributed by atoms with Crippen LogP contribution in [0.1, 0.15) is 22.8 Å². The van der Waals surface area contributed by atoms with Gasteiger partial charge in [0.2, 0.25) is 0 Å². The lowest BCUT2D eigenvalue weighted by atomic mass is 10.0. The molecule has 3 N–H and O–H groups in total. The Morgan fingerprint density at radius 1 is 0.636 bits per heavy atom. The van der Waals surface area contributed by atoms with E-state index < -0.39 is 0 Å². The fourth-order valence-corrected chi connectivity index (χ4v) is 3.12. The van der Waals surface area contributed by atoms with Gasteiger partial charge in [-0.15, -0.1) is 0 Å². The third-order valence-electron chi connectivity index (χ3n) is 4.93. The zero-order valence-electron chi connectivity index (χ0n) is 18.3. The van der Waals surface area contributed by atoms with Gasteiger partial charge >= 0.3 is 5.97 Å². The van der Waals surface area contributed by atoms with Gasteiger partial charge < -0.3 is 20.1 Å². The zero-order chi connectivity index (χ0) is 23.6. The van der Waals surface area contributed by atoms with Gasteiger partial charge in [0.1, 0.15) is 11.5 Å². The van der Waals surface area contributed by atoms with E-state index in [9.17, 15) is 9.90 Å². The first-order chi connectivity index (χ1) is 16.0. The molecule has 168 valence electrons. The molecule has 5 heteroatoms. The molecule has 0 unspecified atom stereocenters. The monoisotopic (exact) mass is 442 g/mol. The van der Waals surface area contributed by atoms with E-state index in [1.54, 1.807) is 43.3 Å². The summed E-state index contributed by atoms with van der Waals surface area (Å²) in [5, 5.41) is 27.3. The maximum Gasteiger partial charge on any atom is 0.338 e. The molecule has 4 aromatic carbocycles. The Morgan fingerprint density at radius 2 is 1.00 bits per heavy atom. The van der Waals surface area contributed by atoms with Crippen LogP contribution in [0.4, 0.5) is 0 Å². The summed E-state index contributed by atoms with van der Waals surface area (Å²) in [5.41, 5.74) is 5.55. The number of hydrogen-bond donors (Lipinski definition) is 3. The molecule has 4 aromatic rings. The fourth-order valence-electron chi connectivity index (χ4n) is 3.12. The van der Waals surface area contributed by atoms with Crippen LogP contribution < -0.4 is 0 Å². The number of aliphatic hydroxyl groups is 1. The smallest absolute Gasteiger partial charge is 0.338 e. The third-order valence-corrected chi connectivity index (χ3v) is 4.93. The van der Waals surface area contributed by atoms with Crippen molar-refractivity contribution in [1.82, 2.24) is 0 Å². The highest BCUT2D eigenvalue weighted by Crippen LogP contribution is 2.23. The minimum Gasteiger partial charge on any atom is -0.508 e. The Labute approximate surface area is 193 Å². The summed E-state index contributed by atoms with van der Waals surface area (Å²) < 4.78 is 4.92. The number of ether oxygens (including phenoxy) is 1. The lowest BCUT2D eigenvalue weighted by Crippen LogP contribution is -2.03. The normalized spacial score (nSPS) is 10.1. The van der Waals surface area contributed by atoms with Crippen LogP contribution in [0, 0.1) is 0 Å². The lowest BCUT2D eigenvalue weighted by molar-refractivity contribution is 0.0526. The largest absolute Gasteiger partial charge is 0.508 e. The number of phenols is 2. The highest BCUT2D eigenvalue weighted by Gasteiger charge is 2.06. The highest BCUT2D eigenvalue weighted by molar-refractivity contribution is 5.90. The second-order valence-electron chi connectivity index (χ2n) is 7.25. The van der Waals surface area contributed by atoms with E-state index in [1.807, 2.05) is 60.7 Å². The Hall–Kier alpha value is -4.09. The van der Waals surface area contributed by atoms with Gasteiger partial charge in [-0.3, -0.25) is 0 Å². The Morgan fingerprint density at radius 3 is 1.36 bits per heavy atom. The number of carbonyl (C=O) groups excluding carboxylic acids is 1. The van der Waals surface area contributed by atoms with Gasteiger partial charge in [-0.25, -0.2) is 4.79 Å². The molecule has 0 saturated heterocycles. The number of aromatic hydroxyl groups is 2. The second-order valence-corrected chi connectivity index (χ2v) is 7.25. The van der Waals surface area contributed by atoms with Crippen molar-refractivity contribution < 1.29 is 24.9 Å². The van der Waals surface area contributed by atoms with Crippen LogP contribution in [0.5, 0.6) is 11.5 Å². The van der Waals surface area contributed by atoms with E-state index in [2.05, 4.69) is 0 Å². The molecule has 0 heterocycles. The number of carbonyl (C=O) groups is 1. The number of benzene rings is 4. The predicted octanol–water partition coefficient (Wildman–Crippen LogP) is 5.79. The molecule has 0 bridgehead atoms. The van der Waals surface area contributed by atoms with E-state index in [4.69, 9.17) is 14.9 Å². The molecular weight excluding hydrogens is 416 g/mol. The van der Waals surface area contributed by atoms with E-state index in [0.29, 0.717) is 12.2 Å². The molecule has 0 fully saturated rings. The van der Waals surface area contributed by atoms with Crippen LogP contribution in [0.25, 0.3) is 22.3 Å². The first-order valence-corrected chi connectivity index (χ1v) is 10.6. The molecule has 0 aromatic heterocycles. The average Bonchev–Trinajstić information content (AvgIpc) is 2.86. The van der Waals surface area contributed by atoms with Crippen molar-refractivity contribution in [2.45, 2.75) is 13.5 Å². The molecule has 4 rings (SSSR count). The number of esters is 1.